The minimum absolute atomic E-state index is 0.161. The van der Waals surface area contributed by atoms with Gasteiger partial charge in [0.1, 0.15) is 11.6 Å². The van der Waals surface area contributed by atoms with Gasteiger partial charge in [0.15, 0.2) is 17.6 Å². The van der Waals surface area contributed by atoms with Crippen molar-refractivity contribution in [3.8, 4) is 17.6 Å². The summed E-state index contributed by atoms with van der Waals surface area (Å²) in [5.41, 5.74) is 0.707. The van der Waals surface area contributed by atoms with Gasteiger partial charge in [0.2, 0.25) is 0 Å². The third-order valence-electron chi connectivity index (χ3n) is 3.69. The Hall–Kier alpha value is -3.21. The van der Waals surface area contributed by atoms with E-state index >= 15 is 0 Å². The fourth-order valence-electron chi connectivity index (χ4n) is 2.20. The normalized spacial score (nSPS) is 11.9. The van der Waals surface area contributed by atoms with Crippen molar-refractivity contribution in [1.82, 2.24) is 0 Å². The summed E-state index contributed by atoms with van der Waals surface area (Å²) in [5.74, 6) is -1.28. The number of aliphatic carboxylic acids is 1. The number of carbonyl (C=O) groups excluding carboxylic acids is 1. The van der Waals surface area contributed by atoms with Crippen LogP contribution in [0.4, 0.5) is 5.69 Å². The van der Waals surface area contributed by atoms with Crippen molar-refractivity contribution in [3.63, 3.8) is 0 Å². The van der Waals surface area contributed by atoms with E-state index in [1.807, 2.05) is 6.07 Å². The summed E-state index contributed by atoms with van der Waals surface area (Å²) in [4.78, 5) is 23.3. The van der Waals surface area contributed by atoms with Gasteiger partial charge in [-0.25, -0.2) is 4.79 Å². The number of halogens is 2. The van der Waals surface area contributed by atoms with Crippen molar-refractivity contribution in [2.45, 2.75) is 13.0 Å². The molecule has 2 rings (SSSR count). The predicted octanol–water partition coefficient (Wildman–Crippen LogP) is 4.40. The molecule has 7 nitrogen and oxygen atoms in total. The van der Waals surface area contributed by atoms with E-state index in [0.29, 0.717) is 16.3 Å². The fourth-order valence-corrected chi connectivity index (χ4v) is 2.50. The molecule has 2 aromatic rings. The van der Waals surface area contributed by atoms with Crippen molar-refractivity contribution >= 4 is 46.8 Å². The molecule has 0 heterocycles. The Morgan fingerprint density at radius 1 is 1.17 bits per heavy atom. The van der Waals surface area contributed by atoms with E-state index in [-0.39, 0.29) is 22.1 Å². The molecule has 0 fully saturated rings. The van der Waals surface area contributed by atoms with Crippen LogP contribution in [0, 0.1) is 11.3 Å². The average molecular weight is 435 g/mol. The van der Waals surface area contributed by atoms with Crippen molar-refractivity contribution in [2.75, 3.05) is 12.4 Å². The molecule has 2 N–H and O–H groups in total. The Bertz CT molecular complexity index is 1010. The maximum absolute atomic E-state index is 12.4. The van der Waals surface area contributed by atoms with E-state index in [0.717, 1.165) is 0 Å². The van der Waals surface area contributed by atoms with Crippen LogP contribution >= 0.6 is 23.2 Å². The van der Waals surface area contributed by atoms with Gasteiger partial charge in [0, 0.05) is 5.69 Å². The largest absolute Gasteiger partial charge is 0.493 e. The van der Waals surface area contributed by atoms with Crippen LogP contribution in [-0.4, -0.2) is 30.2 Å². The lowest BCUT2D eigenvalue weighted by Gasteiger charge is -2.14. The summed E-state index contributed by atoms with van der Waals surface area (Å²) in [6.45, 7) is 1.39. The zero-order valence-electron chi connectivity index (χ0n) is 15.4. The minimum atomic E-state index is -1.12. The molecule has 29 heavy (non-hydrogen) atoms. The Labute approximate surface area is 177 Å². The second-order valence-electron chi connectivity index (χ2n) is 5.76. The summed E-state index contributed by atoms with van der Waals surface area (Å²) in [7, 11) is 1.39. The number of nitriles is 1. The fraction of sp³-hybridized carbons (Fsp3) is 0.150. The molecule has 0 aliphatic rings. The lowest BCUT2D eigenvalue weighted by molar-refractivity contribution is -0.144. The number of carboxylic acids is 1. The molecule has 0 aliphatic carbocycles. The Kier molecular flexibility index (Phi) is 7.48. The van der Waals surface area contributed by atoms with Gasteiger partial charge < -0.3 is 19.9 Å². The summed E-state index contributed by atoms with van der Waals surface area (Å²) >= 11 is 11.8. The topological polar surface area (TPSA) is 109 Å². The molecule has 0 bridgehead atoms. The monoisotopic (exact) mass is 434 g/mol. The van der Waals surface area contributed by atoms with Crippen LogP contribution in [0.5, 0.6) is 11.5 Å². The van der Waals surface area contributed by atoms with Crippen LogP contribution in [0.1, 0.15) is 12.5 Å². The molecular formula is C20H16Cl2N2O5. The number of carbonyl (C=O) groups is 2. The average Bonchev–Trinajstić information content (AvgIpc) is 2.69. The first-order valence-corrected chi connectivity index (χ1v) is 8.96. The lowest BCUT2D eigenvalue weighted by atomic mass is 10.1. The molecule has 9 heteroatoms. The molecule has 1 amide bonds. The van der Waals surface area contributed by atoms with Crippen molar-refractivity contribution < 1.29 is 24.2 Å². The molecule has 1 atom stereocenters. The molecule has 150 valence electrons. The first kappa shape index (κ1) is 22.1. The second kappa shape index (κ2) is 9.82. The lowest BCUT2D eigenvalue weighted by Crippen LogP contribution is -2.23. The number of nitrogens with one attached hydrogen (secondary N) is 1. The highest BCUT2D eigenvalue weighted by molar-refractivity contribution is 6.42. The molecular weight excluding hydrogens is 419 g/mol. The third-order valence-corrected chi connectivity index (χ3v) is 4.43. The van der Waals surface area contributed by atoms with Crippen LogP contribution in [0.15, 0.2) is 42.0 Å². The number of methoxy groups -OCH3 is 1. The van der Waals surface area contributed by atoms with E-state index in [1.165, 1.54) is 44.4 Å². The third kappa shape index (κ3) is 5.88. The SMILES string of the molecule is COc1cc(/C=C(/C#N)C(=O)Nc2ccc(Cl)c(Cl)c2)ccc1O[C@@H](C)C(=O)O. The van der Waals surface area contributed by atoms with E-state index in [2.05, 4.69) is 5.32 Å². The van der Waals surface area contributed by atoms with Gasteiger partial charge in [-0.15, -0.1) is 0 Å². The van der Waals surface area contributed by atoms with Crippen molar-refractivity contribution in [1.29, 1.82) is 5.26 Å². The van der Waals surface area contributed by atoms with Gasteiger partial charge in [0.05, 0.1) is 17.2 Å². The first-order chi connectivity index (χ1) is 13.7. The predicted molar refractivity (Wildman–Crippen MR) is 109 cm³/mol. The number of benzene rings is 2. The number of rotatable bonds is 7. The van der Waals surface area contributed by atoms with Crippen molar-refractivity contribution in [3.05, 3.63) is 57.6 Å². The first-order valence-electron chi connectivity index (χ1n) is 8.21. The molecule has 0 aliphatic heterocycles. The molecule has 2 aromatic carbocycles. The Morgan fingerprint density at radius 3 is 2.48 bits per heavy atom. The van der Waals surface area contributed by atoms with Gasteiger partial charge in [-0.05, 0) is 48.9 Å². The molecule has 0 radical (unpaired) electrons. The van der Waals surface area contributed by atoms with E-state index in [1.54, 1.807) is 12.1 Å². The van der Waals surface area contributed by atoms with E-state index in [4.69, 9.17) is 37.8 Å². The minimum Gasteiger partial charge on any atom is -0.493 e. The number of hydrogen-bond acceptors (Lipinski definition) is 5. The van der Waals surface area contributed by atoms with Crippen LogP contribution < -0.4 is 14.8 Å². The maximum Gasteiger partial charge on any atom is 0.344 e. The van der Waals surface area contributed by atoms with Gasteiger partial charge in [0.25, 0.3) is 5.91 Å². The smallest absolute Gasteiger partial charge is 0.344 e. The maximum atomic E-state index is 12.4. The number of anilines is 1. The van der Waals surface area contributed by atoms with Gasteiger partial charge in [-0.2, -0.15) is 5.26 Å². The van der Waals surface area contributed by atoms with Crippen LogP contribution in [0.3, 0.4) is 0 Å². The summed E-state index contributed by atoms with van der Waals surface area (Å²) in [6.07, 6.45) is 0.289. The van der Waals surface area contributed by atoms with Gasteiger partial charge in [-0.1, -0.05) is 29.3 Å². The zero-order valence-corrected chi connectivity index (χ0v) is 16.9. The highest BCUT2D eigenvalue weighted by Gasteiger charge is 2.16. The Morgan fingerprint density at radius 2 is 1.90 bits per heavy atom. The van der Waals surface area contributed by atoms with Gasteiger partial charge >= 0.3 is 5.97 Å². The number of nitrogens with zero attached hydrogens (tertiary/aromatic N) is 1. The van der Waals surface area contributed by atoms with Crippen LogP contribution in [0.2, 0.25) is 10.0 Å². The quantitative estimate of drug-likeness (QED) is 0.493. The highest BCUT2D eigenvalue weighted by atomic mass is 35.5. The van der Waals surface area contributed by atoms with E-state index < -0.39 is 18.0 Å². The molecule has 0 aromatic heterocycles. The molecule has 0 saturated carbocycles. The van der Waals surface area contributed by atoms with Gasteiger partial charge in [-0.3, -0.25) is 4.79 Å². The molecule has 0 saturated heterocycles. The summed E-state index contributed by atoms with van der Waals surface area (Å²) in [6, 6.07) is 11.0. The number of carboxylic acid groups (broad SMARTS) is 1. The molecule has 0 spiro atoms. The highest BCUT2D eigenvalue weighted by Crippen LogP contribution is 2.30. The zero-order chi connectivity index (χ0) is 21.6. The standard InChI is InChI=1S/C20H16Cl2N2O5/c1-11(20(26)27)29-17-6-3-12(8-18(17)28-2)7-13(10-23)19(25)24-14-4-5-15(21)16(22)9-14/h3-9,11H,1-2H3,(H,24,25)(H,26,27)/b13-7-/t11-/m0/s1. The number of hydrogen-bond donors (Lipinski definition) is 2. The van der Waals surface area contributed by atoms with Crippen LogP contribution in [-0.2, 0) is 9.59 Å². The molecule has 0 unspecified atom stereocenters. The van der Waals surface area contributed by atoms with Crippen LogP contribution in [0.25, 0.3) is 6.08 Å². The summed E-state index contributed by atoms with van der Waals surface area (Å²) < 4.78 is 10.5. The second-order valence-corrected chi connectivity index (χ2v) is 6.58. The summed E-state index contributed by atoms with van der Waals surface area (Å²) in [5, 5.41) is 21.5. The number of ether oxygens (including phenoxy) is 2. The van der Waals surface area contributed by atoms with E-state index in [9.17, 15) is 14.9 Å². The van der Waals surface area contributed by atoms with Crippen molar-refractivity contribution in [2.24, 2.45) is 0 Å². The number of amides is 1. The Balaban J connectivity index is 2.25.